The van der Waals surface area contributed by atoms with E-state index in [9.17, 15) is 4.79 Å². The van der Waals surface area contributed by atoms with Crippen LogP contribution < -0.4 is 0 Å². The van der Waals surface area contributed by atoms with Gasteiger partial charge in [0, 0.05) is 12.6 Å². The molecule has 2 atom stereocenters. The summed E-state index contributed by atoms with van der Waals surface area (Å²) in [4.78, 5) is 14.2. The zero-order valence-corrected chi connectivity index (χ0v) is 9.98. The van der Waals surface area contributed by atoms with Gasteiger partial charge in [-0.25, -0.2) is 0 Å². The molecule has 0 spiro atoms. The molecule has 0 amide bonds. The predicted molar refractivity (Wildman–Crippen MR) is 62.5 cm³/mol. The third-order valence-electron chi connectivity index (χ3n) is 3.39. The maximum atomic E-state index is 11.9. The molecule has 3 nitrogen and oxygen atoms in total. The summed E-state index contributed by atoms with van der Waals surface area (Å²) in [5, 5.41) is 0. The van der Waals surface area contributed by atoms with Gasteiger partial charge in [0.15, 0.2) is 5.76 Å². The van der Waals surface area contributed by atoms with Gasteiger partial charge in [-0.1, -0.05) is 6.92 Å². The van der Waals surface area contributed by atoms with Crippen LogP contribution in [0.15, 0.2) is 22.8 Å². The minimum Gasteiger partial charge on any atom is -0.461 e. The van der Waals surface area contributed by atoms with Crippen molar-refractivity contribution in [1.82, 2.24) is 4.90 Å². The summed E-state index contributed by atoms with van der Waals surface area (Å²) in [5.41, 5.74) is 0. The summed E-state index contributed by atoms with van der Waals surface area (Å²) >= 11 is 0. The van der Waals surface area contributed by atoms with Crippen molar-refractivity contribution in [2.24, 2.45) is 5.92 Å². The molecule has 3 heteroatoms. The molecule has 0 saturated carbocycles. The molecule has 2 rings (SSSR count). The lowest BCUT2D eigenvalue weighted by atomic mass is 9.95. The average Bonchev–Trinajstić information content (AvgIpc) is 2.76. The van der Waals surface area contributed by atoms with E-state index in [2.05, 4.69) is 18.7 Å². The van der Waals surface area contributed by atoms with Crippen LogP contribution in [0.4, 0.5) is 0 Å². The Balaban J connectivity index is 1.95. The minimum absolute atomic E-state index is 0.0888. The smallest absolute Gasteiger partial charge is 0.211 e. The molecule has 1 saturated heterocycles. The van der Waals surface area contributed by atoms with Crippen LogP contribution in [-0.4, -0.2) is 29.8 Å². The first kappa shape index (κ1) is 11.4. The Bertz CT molecular complexity index is 345. The normalized spacial score (nSPS) is 26.9. The first-order valence-corrected chi connectivity index (χ1v) is 5.97. The first-order chi connectivity index (χ1) is 7.66. The zero-order valence-electron chi connectivity index (χ0n) is 9.98. The van der Waals surface area contributed by atoms with Crippen molar-refractivity contribution in [2.45, 2.75) is 32.7 Å². The van der Waals surface area contributed by atoms with Crippen molar-refractivity contribution in [3.63, 3.8) is 0 Å². The van der Waals surface area contributed by atoms with Crippen molar-refractivity contribution in [1.29, 1.82) is 0 Å². The lowest BCUT2D eigenvalue weighted by molar-refractivity contribution is 0.0780. The van der Waals surface area contributed by atoms with E-state index in [4.69, 9.17) is 4.42 Å². The van der Waals surface area contributed by atoms with Crippen LogP contribution in [0.5, 0.6) is 0 Å². The molecule has 2 heterocycles. The number of rotatable bonds is 3. The zero-order chi connectivity index (χ0) is 11.5. The van der Waals surface area contributed by atoms with E-state index in [1.54, 1.807) is 18.4 Å². The summed E-state index contributed by atoms with van der Waals surface area (Å²) in [6.45, 7) is 5.95. The standard InChI is InChI=1S/C13H19NO2/c1-10-5-6-11(2)14(8-10)9-12(15)13-4-3-7-16-13/h3-4,7,10-11H,5-6,8-9H2,1-2H3. The second-order valence-corrected chi connectivity index (χ2v) is 4.86. The number of likely N-dealkylation sites (tertiary alicyclic amines) is 1. The quantitative estimate of drug-likeness (QED) is 0.735. The van der Waals surface area contributed by atoms with E-state index in [-0.39, 0.29) is 5.78 Å². The number of nitrogens with zero attached hydrogens (tertiary/aromatic N) is 1. The fourth-order valence-electron chi connectivity index (χ4n) is 2.30. The van der Waals surface area contributed by atoms with Crippen molar-refractivity contribution in [2.75, 3.05) is 13.1 Å². The Kier molecular flexibility index (Phi) is 3.44. The van der Waals surface area contributed by atoms with Gasteiger partial charge in [-0.2, -0.15) is 0 Å². The number of furan rings is 1. The Morgan fingerprint density at radius 1 is 1.50 bits per heavy atom. The topological polar surface area (TPSA) is 33.5 Å². The van der Waals surface area contributed by atoms with Crippen LogP contribution >= 0.6 is 0 Å². The summed E-state index contributed by atoms with van der Waals surface area (Å²) in [6.07, 6.45) is 4.01. The lowest BCUT2D eigenvalue weighted by Gasteiger charge is -2.35. The van der Waals surface area contributed by atoms with Gasteiger partial charge < -0.3 is 4.42 Å². The predicted octanol–water partition coefficient (Wildman–Crippen LogP) is 2.58. The number of hydrogen-bond donors (Lipinski definition) is 0. The Morgan fingerprint density at radius 3 is 3.00 bits per heavy atom. The van der Waals surface area contributed by atoms with E-state index in [0.29, 0.717) is 24.3 Å². The van der Waals surface area contributed by atoms with Gasteiger partial charge in [0.25, 0.3) is 0 Å². The van der Waals surface area contributed by atoms with Crippen LogP contribution in [0.3, 0.4) is 0 Å². The SMILES string of the molecule is CC1CCC(C)N(CC(=O)c2ccco2)C1. The highest BCUT2D eigenvalue weighted by Gasteiger charge is 2.25. The fourth-order valence-corrected chi connectivity index (χ4v) is 2.30. The molecule has 0 aromatic carbocycles. The van der Waals surface area contributed by atoms with Crippen LogP contribution in [0, 0.1) is 5.92 Å². The van der Waals surface area contributed by atoms with Crippen molar-refractivity contribution >= 4 is 5.78 Å². The fraction of sp³-hybridized carbons (Fsp3) is 0.615. The highest BCUT2D eigenvalue weighted by atomic mass is 16.3. The Labute approximate surface area is 96.4 Å². The van der Waals surface area contributed by atoms with Gasteiger partial charge in [0.1, 0.15) is 0 Å². The largest absolute Gasteiger partial charge is 0.461 e. The van der Waals surface area contributed by atoms with Gasteiger partial charge in [0.2, 0.25) is 5.78 Å². The number of piperidine rings is 1. The molecule has 1 aromatic heterocycles. The number of carbonyl (C=O) groups excluding carboxylic acids is 1. The van der Waals surface area contributed by atoms with Crippen LogP contribution in [0.1, 0.15) is 37.2 Å². The second kappa shape index (κ2) is 4.83. The molecule has 0 bridgehead atoms. The second-order valence-electron chi connectivity index (χ2n) is 4.86. The van der Waals surface area contributed by atoms with E-state index >= 15 is 0 Å². The van der Waals surface area contributed by atoms with Crippen molar-refractivity contribution < 1.29 is 9.21 Å². The summed E-state index contributed by atoms with van der Waals surface area (Å²) < 4.78 is 5.12. The third-order valence-corrected chi connectivity index (χ3v) is 3.39. The van der Waals surface area contributed by atoms with E-state index < -0.39 is 0 Å². The van der Waals surface area contributed by atoms with Gasteiger partial charge in [-0.3, -0.25) is 9.69 Å². The van der Waals surface area contributed by atoms with Gasteiger partial charge in [-0.05, 0) is 37.8 Å². The molecule has 16 heavy (non-hydrogen) atoms. The van der Waals surface area contributed by atoms with Crippen molar-refractivity contribution in [3.05, 3.63) is 24.2 Å². The van der Waals surface area contributed by atoms with E-state index in [1.807, 2.05) is 0 Å². The molecule has 88 valence electrons. The van der Waals surface area contributed by atoms with Crippen LogP contribution in [-0.2, 0) is 0 Å². The van der Waals surface area contributed by atoms with Crippen LogP contribution in [0.25, 0.3) is 0 Å². The highest BCUT2D eigenvalue weighted by molar-refractivity contribution is 5.95. The molecule has 0 N–H and O–H groups in total. The van der Waals surface area contributed by atoms with E-state index in [0.717, 1.165) is 6.54 Å². The maximum absolute atomic E-state index is 11.9. The van der Waals surface area contributed by atoms with Crippen LogP contribution in [0.2, 0.25) is 0 Å². The number of Topliss-reactive ketones (excluding diaryl/α,β-unsaturated/α-hetero) is 1. The Morgan fingerprint density at radius 2 is 2.31 bits per heavy atom. The van der Waals surface area contributed by atoms with Crippen molar-refractivity contribution in [3.8, 4) is 0 Å². The monoisotopic (exact) mass is 221 g/mol. The number of carbonyl (C=O) groups is 1. The molecule has 0 aliphatic carbocycles. The summed E-state index contributed by atoms with van der Waals surface area (Å²) in [7, 11) is 0. The molecule has 1 aliphatic heterocycles. The maximum Gasteiger partial charge on any atom is 0.211 e. The Hall–Kier alpha value is -1.09. The molecule has 0 radical (unpaired) electrons. The van der Waals surface area contributed by atoms with Gasteiger partial charge in [0.05, 0.1) is 12.8 Å². The van der Waals surface area contributed by atoms with Gasteiger partial charge in [-0.15, -0.1) is 0 Å². The number of hydrogen-bond acceptors (Lipinski definition) is 3. The molecule has 1 fully saturated rings. The first-order valence-electron chi connectivity index (χ1n) is 5.97. The molecular formula is C13H19NO2. The highest BCUT2D eigenvalue weighted by Crippen LogP contribution is 2.21. The molecular weight excluding hydrogens is 202 g/mol. The minimum atomic E-state index is 0.0888. The average molecular weight is 221 g/mol. The van der Waals surface area contributed by atoms with Gasteiger partial charge >= 0.3 is 0 Å². The number of ketones is 1. The molecule has 2 unspecified atom stereocenters. The molecule has 1 aliphatic rings. The molecule has 1 aromatic rings. The van der Waals surface area contributed by atoms with E-state index in [1.165, 1.54) is 12.8 Å². The lowest BCUT2D eigenvalue weighted by Crippen LogP contribution is -2.43. The summed E-state index contributed by atoms with van der Waals surface area (Å²) in [6, 6.07) is 4.01. The summed E-state index contributed by atoms with van der Waals surface area (Å²) in [5.74, 6) is 1.26. The third kappa shape index (κ3) is 2.53.